The lowest BCUT2D eigenvalue weighted by Gasteiger charge is -2.24. The number of aryl methyl sites for hydroxylation is 1. The highest BCUT2D eigenvalue weighted by atomic mass is 16.1. The van der Waals surface area contributed by atoms with E-state index in [1.54, 1.807) is 4.68 Å². The molecule has 5 heteroatoms. The molecule has 3 aromatic rings. The van der Waals surface area contributed by atoms with Crippen LogP contribution in [0.1, 0.15) is 32.0 Å². The third-order valence-corrected chi connectivity index (χ3v) is 4.22. The fourth-order valence-electron chi connectivity index (χ4n) is 3.19. The van der Waals surface area contributed by atoms with Gasteiger partial charge in [-0.3, -0.25) is 9.59 Å². The molecule has 0 saturated carbocycles. The molecule has 0 aliphatic heterocycles. The van der Waals surface area contributed by atoms with E-state index < -0.39 is 0 Å². The number of benzene rings is 2. The van der Waals surface area contributed by atoms with Crippen molar-refractivity contribution in [1.82, 2.24) is 9.36 Å². The van der Waals surface area contributed by atoms with Crippen molar-refractivity contribution in [2.75, 3.05) is 5.32 Å². The second-order valence-electron chi connectivity index (χ2n) is 7.34. The molecule has 1 heterocycles. The van der Waals surface area contributed by atoms with Crippen LogP contribution < -0.4 is 10.9 Å². The lowest BCUT2D eigenvalue weighted by molar-refractivity contribution is -0.105. The molecule has 0 aliphatic rings. The molecule has 0 spiro atoms. The zero-order chi connectivity index (χ0) is 18.9. The van der Waals surface area contributed by atoms with E-state index in [1.165, 1.54) is 0 Å². The number of carbonyl (C=O) groups is 1. The van der Waals surface area contributed by atoms with Crippen LogP contribution in [0.4, 0.5) is 5.69 Å². The molecule has 0 fully saturated rings. The lowest BCUT2D eigenvalue weighted by Crippen LogP contribution is -2.23. The van der Waals surface area contributed by atoms with Gasteiger partial charge in [-0.05, 0) is 36.8 Å². The van der Waals surface area contributed by atoms with Gasteiger partial charge in [-0.1, -0.05) is 51.1 Å². The van der Waals surface area contributed by atoms with Crippen LogP contribution >= 0.6 is 0 Å². The Morgan fingerprint density at radius 3 is 2.15 bits per heavy atom. The third-order valence-electron chi connectivity index (χ3n) is 4.22. The largest absolute Gasteiger partial charge is 0.323 e. The Hall–Kier alpha value is -3.08. The number of anilines is 1. The zero-order valence-electron chi connectivity index (χ0n) is 15.5. The maximum atomic E-state index is 13.3. The number of nitrogens with zero attached hydrogens (tertiary/aromatic N) is 2. The Balaban J connectivity index is 2.47. The van der Waals surface area contributed by atoms with Gasteiger partial charge in [-0.25, -0.2) is 9.36 Å². The predicted molar refractivity (Wildman–Crippen MR) is 104 cm³/mol. The number of para-hydroxylation sites is 1. The van der Waals surface area contributed by atoms with E-state index in [0.29, 0.717) is 12.1 Å². The SMILES string of the molecule is Cc1cccc(-n2c(=O)c(NC=O)c(C(C)(C)C)n2-c2ccccc2)c1. The third kappa shape index (κ3) is 3.08. The first-order valence-corrected chi connectivity index (χ1v) is 8.55. The number of amides is 1. The first-order chi connectivity index (χ1) is 12.3. The maximum Gasteiger partial charge on any atom is 0.295 e. The van der Waals surface area contributed by atoms with Crippen LogP contribution in [0.25, 0.3) is 11.4 Å². The lowest BCUT2D eigenvalue weighted by atomic mass is 9.91. The number of rotatable bonds is 4. The molecule has 1 N–H and O–H groups in total. The van der Waals surface area contributed by atoms with Gasteiger partial charge >= 0.3 is 0 Å². The maximum absolute atomic E-state index is 13.3. The van der Waals surface area contributed by atoms with Crippen LogP contribution in [0.3, 0.4) is 0 Å². The summed E-state index contributed by atoms with van der Waals surface area (Å²) in [7, 11) is 0. The van der Waals surface area contributed by atoms with Crippen molar-refractivity contribution < 1.29 is 4.79 Å². The van der Waals surface area contributed by atoms with Gasteiger partial charge in [0.2, 0.25) is 6.41 Å². The quantitative estimate of drug-likeness (QED) is 0.728. The van der Waals surface area contributed by atoms with E-state index in [9.17, 15) is 9.59 Å². The smallest absolute Gasteiger partial charge is 0.295 e. The molecule has 5 nitrogen and oxygen atoms in total. The summed E-state index contributed by atoms with van der Waals surface area (Å²) in [5.74, 6) is 0. The summed E-state index contributed by atoms with van der Waals surface area (Å²) in [5, 5.41) is 2.63. The van der Waals surface area contributed by atoms with Crippen molar-refractivity contribution >= 4 is 12.1 Å². The fourth-order valence-corrected chi connectivity index (χ4v) is 3.19. The number of hydrogen-bond acceptors (Lipinski definition) is 2. The van der Waals surface area contributed by atoms with E-state index in [1.807, 2.05) is 87.0 Å². The molecule has 0 bridgehead atoms. The van der Waals surface area contributed by atoms with Gasteiger partial charge in [0.1, 0.15) is 5.69 Å². The Labute approximate surface area is 152 Å². The van der Waals surface area contributed by atoms with E-state index in [0.717, 1.165) is 22.6 Å². The Kier molecular flexibility index (Phi) is 4.55. The molecule has 1 amide bonds. The Morgan fingerprint density at radius 1 is 0.923 bits per heavy atom. The monoisotopic (exact) mass is 349 g/mol. The highest BCUT2D eigenvalue weighted by Crippen LogP contribution is 2.31. The Bertz CT molecular complexity index is 992. The van der Waals surface area contributed by atoms with Gasteiger partial charge in [-0.2, -0.15) is 0 Å². The molecule has 0 saturated heterocycles. The summed E-state index contributed by atoms with van der Waals surface area (Å²) in [6.45, 7) is 8.06. The highest BCUT2D eigenvalue weighted by molar-refractivity contribution is 5.74. The predicted octanol–water partition coefficient (Wildman–Crippen LogP) is 3.80. The van der Waals surface area contributed by atoms with Crippen LogP contribution in [-0.4, -0.2) is 15.8 Å². The molecule has 3 rings (SSSR count). The van der Waals surface area contributed by atoms with E-state index in [4.69, 9.17) is 0 Å². The molecule has 0 radical (unpaired) electrons. The van der Waals surface area contributed by atoms with Crippen molar-refractivity contribution in [3.05, 3.63) is 76.2 Å². The van der Waals surface area contributed by atoms with Gasteiger partial charge in [0, 0.05) is 5.41 Å². The second kappa shape index (κ2) is 6.67. The average Bonchev–Trinajstić information content (AvgIpc) is 2.89. The summed E-state index contributed by atoms with van der Waals surface area (Å²) < 4.78 is 3.51. The zero-order valence-corrected chi connectivity index (χ0v) is 15.5. The minimum atomic E-state index is -0.366. The fraction of sp³-hybridized carbons (Fsp3) is 0.238. The van der Waals surface area contributed by atoms with E-state index in [-0.39, 0.29) is 11.0 Å². The standard InChI is InChI=1S/C21H23N3O2/c1-15-9-8-12-17(13-15)24-20(26)18(22-14-25)19(21(2,3)4)23(24)16-10-6-5-7-11-16/h5-14H,1-4H3,(H,22,25). The van der Waals surface area contributed by atoms with Crippen LogP contribution in [0.2, 0.25) is 0 Å². The van der Waals surface area contributed by atoms with Crippen molar-refractivity contribution in [1.29, 1.82) is 0 Å². The number of hydrogen-bond donors (Lipinski definition) is 1. The first kappa shape index (κ1) is 17.7. The topological polar surface area (TPSA) is 56.0 Å². The molecule has 1 aromatic heterocycles. The van der Waals surface area contributed by atoms with Gasteiger partial charge in [0.05, 0.1) is 17.1 Å². The van der Waals surface area contributed by atoms with Gasteiger partial charge in [0.25, 0.3) is 5.56 Å². The minimum Gasteiger partial charge on any atom is -0.323 e. The van der Waals surface area contributed by atoms with E-state index in [2.05, 4.69) is 5.32 Å². The first-order valence-electron chi connectivity index (χ1n) is 8.55. The van der Waals surface area contributed by atoms with Crippen molar-refractivity contribution in [2.45, 2.75) is 33.1 Å². The highest BCUT2D eigenvalue weighted by Gasteiger charge is 2.30. The Morgan fingerprint density at radius 2 is 1.58 bits per heavy atom. The normalized spacial score (nSPS) is 11.4. The van der Waals surface area contributed by atoms with Crippen molar-refractivity contribution in [3.63, 3.8) is 0 Å². The molecule has 0 unspecified atom stereocenters. The molecule has 134 valence electrons. The second-order valence-corrected chi connectivity index (χ2v) is 7.34. The van der Waals surface area contributed by atoms with Crippen molar-refractivity contribution in [2.24, 2.45) is 0 Å². The summed E-state index contributed by atoms with van der Waals surface area (Å²) in [5.41, 5.74) is 3.10. The molecular weight excluding hydrogens is 326 g/mol. The van der Waals surface area contributed by atoms with Crippen LogP contribution in [-0.2, 0) is 10.2 Å². The summed E-state index contributed by atoms with van der Waals surface area (Å²) in [6.07, 6.45) is 0.557. The average molecular weight is 349 g/mol. The van der Waals surface area contributed by atoms with Crippen LogP contribution in [0.5, 0.6) is 0 Å². The molecular formula is C21H23N3O2. The van der Waals surface area contributed by atoms with Crippen LogP contribution in [0, 0.1) is 6.92 Å². The molecule has 2 aromatic carbocycles. The van der Waals surface area contributed by atoms with Gasteiger partial charge in [-0.15, -0.1) is 0 Å². The summed E-state index contributed by atoms with van der Waals surface area (Å²) >= 11 is 0. The van der Waals surface area contributed by atoms with Gasteiger partial charge < -0.3 is 5.32 Å². The molecule has 26 heavy (non-hydrogen) atoms. The van der Waals surface area contributed by atoms with Crippen LogP contribution in [0.15, 0.2) is 59.4 Å². The number of carbonyl (C=O) groups excluding carboxylic acids is 1. The number of nitrogens with one attached hydrogen (secondary N) is 1. The number of aromatic nitrogens is 2. The summed E-state index contributed by atoms with van der Waals surface area (Å²) in [4.78, 5) is 24.4. The van der Waals surface area contributed by atoms with Gasteiger partial charge in [0.15, 0.2) is 0 Å². The minimum absolute atomic E-state index is 0.253. The van der Waals surface area contributed by atoms with E-state index >= 15 is 0 Å². The summed E-state index contributed by atoms with van der Waals surface area (Å²) in [6, 6.07) is 17.5. The van der Waals surface area contributed by atoms with Crippen molar-refractivity contribution in [3.8, 4) is 11.4 Å². The molecule has 0 aliphatic carbocycles. The molecule has 0 atom stereocenters.